The van der Waals surface area contributed by atoms with Gasteiger partial charge in [-0.3, -0.25) is 9.48 Å². The lowest BCUT2D eigenvalue weighted by molar-refractivity contribution is 0.102. The van der Waals surface area contributed by atoms with Crippen LogP contribution < -0.4 is 10.6 Å². The zero-order valence-electron chi connectivity index (χ0n) is 11.5. The average Bonchev–Trinajstić information content (AvgIpc) is 2.87. The molecule has 2 aromatic heterocycles. The highest BCUT2D eigenvalue weighted by Gasteiger charge is 2.16. The van der Waals surface area contributed by atoms with Gasteiger partial charge in [-0.05, 0) is 19.9 Å². The largest absolute Gasteiger partial charge is 0.371 e. The molecule has 0 spiro atoms. The predicted octanol–water partition coefficient (Wildman–Crippen LogP) is 2.29. The van der Waals surface area contributed by atoms with Crippen molar-refractivity contribution >= 4 is 17.4 Å². The summed E-state index contributed by atoms with van der Waals surface area (Å²) in [5.74, 6) is -1.18. The van der Waals surface area contributed by atoms with E-state index in [4.69, 9.17) is 0 Å². The van der Waals surface area contributed by atoms with Gasteiger partial charge in [0.25, 0.3) is 5.91 Å². The number of amides is 1. The molecular formula is C13H16FN5O. The van der Waals surface area contributed by atoms with Gasteiger partial charge in [0.2, 0.25) is 0 Å². The molecule has 2 aromatic rings. The Bertz CT molecular complexity index is 623. The molecule has 0 fully saturated rings. The molecule has 0 saturated carbocycles. The first-order valence-corrected chi connectivity index (χ1v) is 6.20. The van der Waals surface area contributed by atoms with Gasteiger partial charge in [-0.25, -0.2) is 9.37 Å². The monoisotopic (exact) mass is 277 g/mol. The highest BCUT2D eigenvalue weighted by molar-refractivity contribution is 6.04. The summed E-state index contributed by atoms with van der Waals surface area (Å²) >= 11 is 0. The number of carbonyl (C=O) groups excluding carboxylic acids is 1. The Morgan fingerprint density at radius 2 is 2.20 bits per heavy atom. The van der Waals surface area contributed by atoms with E-state index in [1.165, 1.54) is 18.5 Å². The van der Waals surface area contributed by atoms with Crippen LogP contribution in [-0.2, 0) is 0 Å². The topological polar surface area (TPSA) is 71.8 Å². The van der Waals surface area contributed by atoms with Crippen molar-refractivity contribution < 1.29 is 9.18 Å². The van der Waals surface area contributed by atoms with E-state index in [1.807, 2.05) is 13.8 Å². The van der Waals surface area contributed by atoms with E-state index >= 15 is 0 Å². The molecule has 0 saturated heterocycles. The quantitative estimate of drug-likeness (QED) is 0.899. The van der Waals surface area contributed by atoms with E-state index in [-0.39, 0.29) is 17.4 Å². The van der Waals surface area contributed by atoms with Crippen molar-refractivity contribution in [1.29, 1.82) is 0 Å². The van der Waals surface area contributed by atoms with Crippen LogP contribution >= 0.6 is 0 Å². The first kappa shape index (κ1) is 14.0. The predicted molar refractivity (Wildman–Crippen MR) is 74.3 cm³/mol. The van der Waals surface area contributed by atoms with Gasteiger partial charge in [0.05, 0.1) is 17.4 Å². The number of pyridine rings is 1. The van der Waals surface area contributed by atoms with Gasteiger partial charge >= 0.3 is 0 Å². The van der Waals surface area contributed by atoms with Crippen LogP contribution in [0, 0.1) is 5.82 Å². The molecule has 7 heteroatoms. The SMILES string of the molecule is CNc1nccc(C(=O)Nc2cnn(C(C)C)c2)c1F. The fourth-order valence-electron chi connectivity index (χ4n) is 1.68. The fraction of sp³-hybridized carbons (Fsp3) is 0.308. The Morgan fingerprint density at radius 3 is 2.80 bits per heavy atom. The van der Waals surface area contributed by atoms with Gasteiger partial charge in [0.1, 0.15) is 0 Å². The summed E-state index contributed by atoms with van der Waals surface area (Å²) in [6, 6.07) is 1.52. The van der Waals surface area contributed by atoms with Crippen molar-refractivity contribution in [2.45, 2.75) is 19.9 Å². The van der Waals surface area contributed by atoms with Crippen molar-refractivity contribution in [2.75, 3.05) is 17.7 Å². The van der Waals surface area contributed by atoms with E-state index in [0.29, 0.717) is 5.69 Å². The molecule has 2 N–H and O–H groups in total. The van der Waals surface area contributed by atoms with Crippen LogP contribution in [0.1, 0.15) is 30.2 Å². The zero-order chi connectivity index (χ0) is 14.7. The minimum absolute atomic E-state index is 0.0375. The van der Waals surface area contributed by atoms with Crippen molar-refractivity contribution in [3.05, 3.63) is 36.0 Å². The summed E-state index contributed by atoms with van der Waals surface area (Å²) in [6.45, 7) is 3.95. The summed E-state index contributed by atoms with van der Waals surface area (Å²) in [6.07, 6.45) is 4.60. The average molecular weight is 277 g/mol. The lowest BCUT2D eigenvalue weighted by atomic mass is 10.2. The summed E-state index contributed by atoms with van der Waals surface area (Å²) in [5.41, 5.74) is 0.451. The molecule has 0 aromatic carbocycles. The third-order valence-corrected chi connectivity index (χ3v) is 2.76. The van der Waals surface area contributed by atoms with Crippen LogP contribution in [0.3, 0.4) is 0 Å². The van der Waals surface area contributed by atoms with E-state index < -0.39 is 11.7 Å². The van der Waals surface area contributed by atoms with E-state index in [1.54, 1.807) is 17.9 Å². The second kappa shape index (κ2) is 5.68. The molecule has 0 unspecified atom stereocenters. The van der Waals surface area contributed by atoms with Crippen molar-refractivity contribution in [3.63, 3.8) is 0 Å². The number of anilines is 2. The van der Waals surface area contributed by atoms with Crippen LogP contribution in [0.4, 0.5) is 15.9 Å². The molecule has 0 aliphatic carbocycles. The summed E-state index contributed by atoms with van der Waals surface area (Å²) < 4.78 is 15.7. The number of aromatic nitrogens is 3. The third kappa shape index (κ3) is 2.76. The van der Waals surface area contributed by atoms with Crippen LogP contribution in [0.2, 0.25) is 0 Å². The summed E-state index contributed by atoms with van der Waals surface area (Å²) in [5, 5.41) is 9.30. The van der Waals surface area contributed by atoms with Crippen LogP contribution in [0.5, 0.6) is 0 Å². The molecule has 2 heterocycles. The Kier molecular flexibility index (Phi) is 3.97. The molecule has 0 aliphatic rings. The van der Waals surface area contributed by atoms with Gasteiger partial charge in [-0.15, -0.1) is 0 Å². The lowest BCUT2D eigenvalue weighted by Crippen LogP contribution is -2.15. The molecule has 0 radical (unpaired) electrons. The molecule has 1 amide bonds. The van der Waals surface area contributed by atoms with Crippen LogP contribution in [-0.4, -0.2) is 27.7 Å². The Balaban J connectivity index is 2.19. The van der Waals surface area contributed by atoms with Crippen LogP contribution in [0.25, 0.3) is 0 Å². The molecule has 2 rings (SSSR count). The Labute approximate surface area is 116 Å². The first-order chi connectivity index (χ1) is 9.52. The minimum Gasteiger partial charge on any atom is -0.371 e. The smallest absolute Gasteiger partial charge is 0.258 e. The fourth-order valence-corrected chi connectivity index (χ4v) is 1.68. The lowest BCUT2D eigenvalue weighted by Gasteiger charge is -2.07. The molecular weight excluding hydrogens is 261 g/mol. The Morgan fingerprint density at radius 1 is 1.45 bits per heavy atom. The summed E-state index contributed by atoms with van der Waals surface area (Å²) in [4.78, 5) is 15.8. The van der Waals surface area contributed by atoms with Gasteiger partial charge < -0.3 is 10.6 Å². The van der Waals surface area contributed by atoms with Crippen LogP contribution in [0.15, 0.2) is 24.7 Å². The van der Waals surface area contributed by atoms with Gasteiger partial charge in [0, 0.05) is 25.5 Å². The summed E-state index contributed by atoms with van der Waals surface area (Å²) in [7, 11) is 1.54. The molecule has 6 nitrogen and oxygen atoms in total. The second-order valence-electron chi connectivity index (χ2n) is 4.53. The normalized spacial score (nSPS) is 10.7. The highest BCUT2D eigenvalue weighted by Crippen LogP contribution is 2.17. The number of hydrogen-bond donors (Lipinski definition) is 2. The molecule has 20 heavy (non-hydrogen) atoms. The van der Waals surface area contributed by atoms with Gasteiger partial charge in [-0.1, -0.05) is 0 Å². The maximum Gasteiger partial charge on any atom is 0.258 e. The van der Waals surface area contributed by atoms with Gasteiger partial charge in [0.15, 0.2) is 11.6 Å². The third-order valence-electron chi connectivity index (χ3n) is 2.76. The molecule has 0 atom stereocenters. The molecule has 106 valence electrons. The maximum absolute atomic E-state index is 14.0. The number of nitrogens with one attached hydrogen (secondary N) is 2. The Hall–Kier alpha value is -2.44. The minimum atomic E-state index is -0.677. The molecule has 0 bridgehead atoms. The van der Waals surface area contributed by atoms with E-state index in [2.05, 4.69) is 20.7 Å². The number of hydrogen-bond acceptors (Lipinski definition) is 4. The van der Waals surface area contributed by atoms with Crippen molar-refractivity contribution in [3.8, 4) is 0 Å². The number of carbonyl (C=O) groups is 1. The highest BCUT2D eigenvalue weighted by atomic mass is 19.1. The maximum atomic E-state index is 14.0. The first-order valence-electron chi connectivity index (χ1n) is 6.20. The number of halogens is 1. The number of rotatable bonds is 4. The van der Waals surface area contributed by atoms with E-state index in [9.17, 15) is 9.18 Å². The molecule has 0 aliphatic heterocycles. The van der Waals surface area contributed by atoms with Crippen molar-refractivity contribution in [2.24, 2.45) is 0 Å². The number of nitrogens with zero attached hydrogens (tertiary/aromatic N) is 3. The standard InChI is InChI=1S/C13H16FN5O/c1-8(2)19-7-9(6-17-19)18-13(20)10-4-5-16-12(15-3)11(10)14/h4-8H,1-3H3,(H,15,16)(H,18,20). The van der Waals surface area contributed by atoms with Gasteiger partial charge in [-0.2, -0.15) is 5.10 Å². The zero-order valence-corrected chi connectivity index (χ0v) is 11.5. The second-order valence-corrected chi connectivity index (χ2v) is 4.53. The van der Waals surface area contributed by atoms with E-state index in [0.717, 1.165) is 0 Å². The van der Waals surface area contributed by atoms with Crippen molar-refractivity contribution in [1.82, 2.24) is 14.8 Å².